The Morgan fingerprint density at radius 1 is 1.05 bits per heavy atom. The van der Waals surface area contributed by atoms with E-state index in [0.29, 0.717) is 46.1 Å². The SMILES string of the molecule is COc1cc2c(Oc3ccc(NS(=O)(=O)c4c(C)nn(C)c4C)cc3F)ccnc2cc1OCCCN1CCOCC1. The highest BCUT2D eigenvalue weighted by Gasteiger charge is 2.24. The summed E-state index contributed by atoms with van der Waals surface area (Å²) in [5.41, 5.74) is 1.47. The Labute approximate surface area is 244 Å². The van der Waals surface area contributed by atoms with Gasteiger partial charge in [0, 0.05) is 50.4 Å². The molecule has 42 heavy (non-hydrogen) atoms. The number of hydrogen-bond acceptors (Lipinski definition) is 9. The van der Waals surface area contributed by atoms with Gasteiger partial charge < -0.3 is 18.9 Å². The lowest BCUT2D eigenvalue weighted by molar-refractivity contribution is 0.0357. The minimum Gasteiger partial charge on any atom is -0.493 e. The minimum atomic E-state index is -3.98. The molecule has 13 heteroatoms. The van der Waals surface area contributed by atoms with Crippen LogP contribution in [0.5, 0.6) is 23.0 Å². The van der Waals surface area contributed by atoms with E-state index in [9.17, 15) is 8.42 Å². The summed E-state index contributed by atoms with van der Waals surface area (Å²) in [5.74, 6) is 0.580. The molecule has 0 unspecified atom stereocenters. The van der Waals surface area contributed by atoms with E-state index < -0.39 is 15.8 Å². The first-order chi connectivity index (χ1) is 20.2. The molecule has 224 valence electrons. The molecule has 5 rings (SSSR count). The molecule has 2 aromatic heterocycles. The first-order valence-corrected chi connectivity index (χ1v) is 15.0. The van der Waals surface area contributed by atoms with Crippen LogP contribution in [0.15, 0.2) is 47.5 Å². The summed E-state index contributed by atoms with van der Waals surface area (Å²) in [7, 11) is -0.772. The zero-order valence-electron chi connectivity index (χ0n) is 24.0. The maximum Gasteiger partial charge on any atom is 0.265 e. The molecule has 1 N–H and O–H groups in total. The summed E-state index contributed by atoms with van der Waals surface area (Å²) in [6.45, 7) is 8.06. The molecule has 11 nitrogen and oxygen atoms in total. The number of morpholine rings is 1. The van der Waals surface area contributed by atoms with Crippen LogP contribution >= 0.6 is 0 Å². The lowest BCUT2D eigenvalue weighted by Crippen LogP contribution is -2.37. The second-order valence-corrected chi connectivity index (χ2v) is 11.6. The van der Waals surface area contributed by atoms with Crippen LogP contribution in [0.3, 0.4) is 0 Å². The van der Waals surface area contributed by atoms with Crippen molar-refractivity contribution in [3.8, 4) is 23.0 Å². The van der Waals surface area contributed by atoms with Crippen molar-refractivity contribution in [2.24, 2.45) is 7.05 Å². The zero-order valence-corrected chi connectivity index (χ0v) is 24.8. The third-order valence-electron chi connectivity index (χ3n) is 7.08. The normalized spacial score (nSPS) is 14.2. The Morgan fingerprint density at radius 2 is 1.83 bits per heavy atom. The summed E-state index contributed by atoms with van der Waals surface area (Å²) in [4.78, 5) is 6.83. The van der Waals surface area contributed by atoms with Gasteiger partial charge in [-0.25, -0.2) is 12.8 Å². The highest BCUT2D eigenvalue weighted by atomic mass is 32.2. The predicted octanol–water partition coefficient (Wildman–Crippen LogP) is 4.43. The number of nitrogens with zero attached hydrogens (tertiary/aromatic N) is 4. The average molecular weight is 600 g/mol. The molecule has 3 heterocycles. The number of rotatable bonds is 11. The Bertz CT molecular complexity index is 1690. The van der Waals surface area contributed by atoms with Crippen molar-refractivity contribution in [3.63, 3.8) is 0 Å². The van der Waals surface area contributed by atoms with Gasteiger partial charge in [0.2, 0.25) is 0 Å². The molecule has 1 aliphatic heterocycles. The van der Waals surface area contributed by atoms with E-state index in [1.165, 1.54) is 16.8 Å². The number of aryl methyl sites for hydroxylation is 2. The highest BCUT2D eigenvalue weighted by molar-refractivity contribution is 7.92. The van der Waals surface area contributed by atoms with Gasteiger partial charge in [-0.15, -0.1) is 0 Å². The standard InChI is InChI=1S/C29H34FN5O6S/c1-19-29(20(2)34(3)32-19)42(36,37)33-21-6-7-26(23(30)16-21)41-25-8-9-31-24-18-28(27(38-4)17-22(24)25)40-13-5-10-35-11-14-39-15-12-35/h6-9,16-18,33H,5,10-15H2,1-4H3. The number of anilines is 1. The number of benzene rings is 2. The lowest BCUT2D eigenvalue weighted by Gasteiger charge is -2.26. The van der Waals surface area contributed by atoms with Crippen molar-refractivity contribution in [1.29, 1.82) is 0 Å². The fourth-order valence-corrected chi connectivity index (χ4v) is 6.39. The molecule has 1 aliphatic rings. The van der Waals surface area contributed by atoms with E-state index in [1.54, 1.807) is 52.4 Å². The first-order valence-electron chi connectivity index (χ1n) is 13.6. The van der Waals surface area contributed by atoms with Crippen molar-refractivity contribution in [3.05, 3.63) is 59.8 Å². The van der Waals surface area contributed by atoms with Crippen molar-refractivity contribution in [2.75, 3.05) is 51.3 Å². The van der Waals surface area contributed by atoms with Crippen LogP contribution in [-0.4, -0.2) is 74.6 Å². The molecule has 0 atom stereocenters. The number of sulfonamides is 1. The number of nitrogens with one attached hydrogen (secondary N) is 1. The van der Waals surface area contributed by atoms with Crippen molar-refractivity contribution >= 4 is 26.6 Å². The minimum absolute atomic E-state index is 0.0548. The third-order valence-corrected chi connectivity index (χ3v) is 8.71. The van der Waals surface area contributed by atoms with E-state index in [2.05, 4.69) is 19.7 Å². The largest absolute Gasteiger partial charge is 0.493 e. The number of ether oxygens (including phenoxy) is 4. The molecule has 0 amide bonds. The molecule has 1 fully saturated rings. The second kappa shape index (κ2) is 12.5. The van der Waals surface area contributed by atoms with Crippen molar-refractivity contribution < 1.29 is 31.8 Å². The molecule has 2 aromatic carbocycles. The molecular formula is C29H34FN5O6S. The molecule has 4 aromatic rings. The summed E-state index contributed by atoms with van der Waals surface area (Å²) in [5, 5.41) is 4.75. The number of pyridine rings is 1. The number of aromatic nitrogens is 3. The lowest BCUT2D eigenvalue weighted by atomic mass is 10.1. The van der Waals surface area contributed by atoms with Gasteiger partial charge in [0.05, 0.1) is 49.5 Å². The Balaban J connectivity index is 1.30. The van der Waals surface area contributed by atoms with Crippen LogP contribution in [0.4, 0.5) is 10.1 Å². The van der Waals surface area contributed by atoms with Gasteiger partial charge in [-0.3, -0.25) is 19.3 Å². The molecule has 1 saturated heterocycles. The van der Waals surface area contributed by atoms with Gasteiger partial charge in [0.15, 0.2) is 23.1 Å². The maximum absolute atomic E-state index is 15.1. The number of hydrogen-bond donors (Lipinski definition) is 1. The fraction of sp³-hybridized carbons (Fsp3) is 0.379. The zero-order chi connectivity index (χ0) is 29.9. The van der Waals surface area contributed by atoms with Gasteiger partial charge in [-0.2, -0.15) is 5.10 Å². The van der Waals surface area contributed by atoms with E-state index in [0.717, 1.165) is 45.3 Å². The van der Waals surface area contributed by atoms with Gasteiger partial charge in [0.1, 0.15) is 10.6 Å². The number of fused-ring (bicyclic) bond motifs is 1. The average Bonchev–Trinajstić information content (AvgIpc) is 3.23. The Morgan fingerprint density at radius 3 is 2.52 bits per heavy atom. The third kappa shape index (κ3) is 6.42. The van der Waals surface area contributed by atoms with E-state index in [1.807, 2.05) is 0 Å². The summed E-state index contributed by atoms with van der Waals surface area (Å²) >= 11 is 0. The summed E-state index contributed by atoms with van der Waals surface area (Å²) < 4.78 is 67.9. The van der Waals surface area contributed by atoms with E-state index in [-0.39, 0.29) is 16.3 Å². The van der Waals surface area contributed by atoms with Crippen molar-refractivity contribution in [2.45, 2.75) is 25.2 Å². The molecule has 0 aliphatic carbocycles. The topological polar surface area (TPSA) is 117 Å². The summed E-state index contributed by atoms with van der Waals surface area (Å²) in [6, 6.07) is 9.01. The molecule has 0 saturated carbocycles. The first kappa shape index (κ1) is 29.5. The van der Waals surface area contributed by atoms with Gasteiger partial charge in [-0.1, -0.05) is 0 Å². The number of methoxy groups -OCH3 is 1. The van der Waals surface area contributed by atoms with Crippen LogP contribution in [0.1, 0.15) is 17.8 Å². The predicted molar refractivity (Wildman–Crippen MR) is 156 cm³/mol. The number of halogens is 1. The van der Waals surface area contributed by atoms with Crippen LogP contribution in [-0.2, 0) is 21.8 Å². The molecule has 0 spiro atoms. The van der Waals surface area contributed by atoms with Gasteiger partial charge in [0.25, 0.3) is 10.0 Å². The van der Waals surface area contributed by atoms with Crippen LogP contribution in [0.2, 0.25) is 0 Å². The highest BCUT2D eigenvalue weighted by Crippen LogP contribution is 2.38. The van der Waals surface area contributed by atoms with Gasteiger partial charge >= 0.3 is 0 Å². The molecule has 0 bridgehead atoms. The Hall–Kier alpha value is -3.94. The van der Waals surface area contributed by atoms with Crippen LogP contribution < -0.4 is 18.9 Å². The summed E-state index contributed by atoms with van der Waals surface area (Å²) in [6.07, 6.45) is 2.41. The molecular weight excluding hydrogens is 565 g/mol. The van der Waals surface area contributed by atoms with Crippen LogP contribution in [0, 0.1) is 19.7 Å². The monoisotopic (exact) mass is 599 g/mol. The second-order valence-electron chi connectivity index (χ2n) is 9.96. The van der Waals surface area contributed by atoms with Gasteiger partial charge in [-0.05, 0) is 44.5 Å². The van der Waals surface area contributed by atoms with Crippen molar-refractivity contribution in [1.82, 2.24) is 19.7 Å². The molecule has 0 radical (unpaired) electrons. The van der Waals surface area contributed by atoms with E-state index >= 15 is 4.39 Å². The quantitative estimate of drug-likeness (QED) is 0.250. The fourth-order valence-electron chi connectivity index (χ4n) is 4.90. The maximum atomic E-state index is 15.1. The van der Waals surface area contributed by atoms with Crippen LogP contribution in [0.25, 0.3) is 10.9 Å². The van der Waals surface area contributed by atoms with E-state index in [4.69, 9.17) is 18.9 Å². The Kier molecular flexibility index (Phi) is 8.80. The smallest absolute Gasteiger partial charge is 0.265 e.